The second kappa shape index (κ2) is 6.26. The van der Waals surface area contributed by atoms with E-state index in [1.165, 1.54) is 0 Å². The number of nitrogens with two attached hydrogens (primary N) is 1. The van der Waals surface area contributed by atoms with Crippen molar-refractivity contribution in [2.24, 2.45) is 5.41 Å². The standard InChI is InChI=1S/C19H25N7O2/c1-18(2,3)28-17(27)25-5-4-19(11-25)6-13(7-19)26-16(21)14(8-20)15(24-26)12-9-22-23-10-12/h9-10,13H,4-7,11,21H2,1-3H3,(H,22,23). The summed E-state index contributed by atoms with van der Waals surface area (Å²) in [5.41, 5.74) is 7.50. The Morgan fingerprint density at radius 1 is 1.46 bits per heavy atom. The number of amides is 1. The molecule has 1 aliphatic heterocycles. The number of nitrogens with one attached hydrogen (secondary N) is 1. The summed E-state index contributed by atoms with van der Waals surface area (Å²) in [5.74, 6) is 0.389. The molecule has 0 atom stereocenters. The molecule has 0 aromatic carbocycles. The van der Waals surface area contributed by atoms with Crippen LogP contribution in [0.25, 0.3) is 11.3 Å². The molecule has 9 nitrogen and oxygen atoms in total. The van der Waals surface area contributed by atoms with Crippen molar-refractivity contribution in [3.63, 3.8) is 0 Å². The molecular weight excluding hydrogens is 358 g/mol. The number of carbonyl (C=O) groups is 1. The second-order valence-corrected chi connectivity index (χ2v) is 8.87. The first-order chi connectivity index (χ1) is 13.2. The lowest BCUT2D eigenvalue weighted by Gasteiger charge is -2.45. The summed E-state index contributed by atoms with van der Waals surface area (Å²) in [4.78, 5) is 14.1. The summed E-state index contributed by atoms with van der Waals surface area (Å²) in [6.45, 7) is 7.03. The van der Waals surface area contributed by atoms with E-state index >= 15 is 0 Å². The smallest absolute Gasteiger partial charge is 0.410 e. The highest BCUT2D eigenvalue weighted by Crippen LogP contribution is 2.54. The zero-order chi connectivity index (χ0) is 20.1. The van der Waals surface area contributed by atoms with E-state index in [0.717, 1.165) is 24.8 Å². The fraction of sp³-hybridized carbons (Fsp3) is 0.579. The topological polar surface area (TPSA) is 126 Å². The minimum Gasteiger partial charge on any atom is -0.444 e. The van der Waals surface area contributed by atoms with Crippen molar-refractivity contribution in [2.75, 3.05) is 18.8 Å². The van der Waals surface area contributed by atoms with E-state index < -0.39 is 5.60 Å². The highest BCUT2D eigenvalue weighted by molar-refractivity contribution is 5.72. The number of nitriles is 1. The maximum absolute atomic E-state index is 12.3. The molecule has 0 radical (unpaired) electrons. The number of aromatic nitrogens is 4. The van der Waals surface area contributed by atoms with Gasteiger partial charge in [-0.3, -0.25) is 5.10 Å². The molecule has 1 saturated carbocycles. The number of anilines is 1. The van der Waals surface area contributed by atoms with Gasteiger partial charge in [0, 0.05) is 24.8 Å². The van der Waals surface area contributed by atoms with Crippen LogP contribution in [0.1, 0.15) is 51.6 Å². The van der Waals surface area contributed by atoms with Crippen LogP contribution in [0.3, 0.4) is 0 Å². The SMILES string of the molecule is CC(C)(C)OC(=O)N1CCC2(CC(n3nc(-c4cn[nH]c4)c(C#N)c3N)C2)C1. The number of likely N-dealkylation sites (tertiary alicyclic amines) is 1. The van der Waals surface area contributed by atoms with Gasteiger partial charge in [-0.1, -0.05) is 0 Å². The lowest BCUT2D eigenvalue weighted by Crippen LogP contribution is -2.43. The molecule has 2 aromatic heterocycles. The Morgan fingerprint density at radius 3 is 2.82 bits per heavy atom. The van der Waals surface area contributed by atoms with Crippen LogP contribution in [-0.2, 0) is 4.74 Å². The maximum atomic E-state index is 12.3. The number of nitrogens with zero attached hydrogens (tertiary/aromatic N) is 5. The number of ether oxygens (including phenoxy) is 1. The molecule has 28 heavy (non-hydrogen) atoms. The summed E-state index contributed by atoms with van der Waals surface area (Å²) in [7, 11) is 0. The Bertz CT molecular complexity index is 927. The summed E-state index contributed by atoms with van der Waals surface area (Å²) >= 11 is 0. The van der Waals surface area contributed by atoms with Crippen molar-refractivity contribution in [1.29, 1.82) is 5.26 Å². The minimum absolute atomic E-state index is 0.0859. The fourth-order valence-corrected chi connectivity index (χ4v) is 4.28. The minimum atomic E-state index is -0.490. The van der Waals surface area contributed by atoms with Gasteiger partial charge in [-0.15, -0.1) is 0 Å². The summed E-state index contributed by atoms with van der Waals surface area (Å²) in [6.07, 6.45) is 5.79. The van der Waals surface area contributed by atoms with Crippen molar-refractivity contribution in [1.82, 2.24) is 24.9 Å². The molecule has 0 bridgehead atoms. The lowest BCUT2D eigenvalue weighted by atomic mass is 9.65. The van der Waals surface area contributed by atoms with E-state index in [1.807, 2.05) is 20.8 Å². The van der Waals surface area contributed by atoms with E-state index in [1.54, 1.807) is 22.0 Å². The van der Waals surface area contributed by atoms with Gasteiger partial charge < -0.3 is 15.4 Å². The predicted octanol–water partition coefficient (Wildman–Crippen LogP) is 2.69. The van der Waals surface area contributed by atoms with Crippen molar-refractivity contribution in [3.8, 4) is 17.3 Å². The molecule has 1 saturated heterocycles. The van der Waals surface area contributed by atoms with Crippen LogP contribution in [0.5, 0.6) is 0 Å². The van der Waals surface area contributed by atoms with Crippen LogP contribution in [-0.4, -0.2) is 49.7 Å². The van der Waals surface area contributed by atoms with Crippen LogP contribution >= 0.6 is 0 Å². The zero-order valence-corrected chi connectivity index (χ0v) is 16.4. The average molecular weight is 383 g/mol. The van der Waals surface area contributed by atoms with E-state index in [0.29, 0.717) is 30.2 Å². The molecule has 2 fully saturated rings. The first-order valence-electron chi connectivity index (χ1n) is 9.46. The molecule has 0 unspecified atom stereocenters. The molecule has 2 aliphatic rings. The van der Waals surface area contributed by atoms with Crippen LogP contribution in [0, 0.1) is 16.7 Å². The van der Waals surface area contributed by atoms with Crippen molar-refractivity contribution in [2.45, 2.75) is 51.7 Å². The van der Waals surface area contributed by atoms with E-state index in [9.17, 15) is 10.1 Å². The Labute approximate surface area is 163 Å². The lowest BCUT2D eigenvalue weighted by molar-refractivity contribution is 0.0188. The van der Waals surface area contributed by atoms with Crippen molar-refractivity contribution in [3.05, 3.63) is 18.0 Å². The number of hydrogen-bond acceptors (Lipinski definition) is 6. The van der Waals surface area contributed by atoms with Gasteiger partial charge in [-0.05, 0) is 45.4 Å². The molecule has 1 spiro atoms. The zero-order valence-electron chi connectivity index (χ0n) is 16.4. The van der Waals surface area contributed by atoms with E-state index in [4.69, 9.17) is 10.5 Å². The number of H-pyrrole nitrogens is 1. The fourth-order valence-electron chi connectivity index (χ4n) is 4.28. The number of rotatable bonds is 2. The molecule has 9 heteroatoms. The third-order valence-corrected chi connectivity index (χ3v) is 5.60. The molecular formula is C19H25N7O2. The summed E-state index contributed by atoms with van der Waals surface area (Å²) < 4.78 is 7.26. The Morgan fingerprint density at radius 2 is 2.21 bits per heavy atom. The molecule has 2 aromatic rings. The maximum Gasteiger partial charge on any atom is 0.410 e. The summed E-state index contributed by atoms with van der Waals surface area (Å²) in [5, 5.41) is 20.8. The van der Waals surface area contributed by atoms with Gasteiger partial charge >= 0.3 is 6.09 Å². The second-order valence-electron chi connectivity index (χ2n) is 8.87. The number of nitrogen functional groups attached to an aromatic ring is 1. The first kappa shape index (κ1) is 18.3. The van der Waals surface area contributed by atoms with Gasteiger partial charge in [0.15, 0.2) is 0 Å². The van der Waals surface area contributed by atoms with Crippen molar-refractivity contribution >= 4 is 11.9 Å². The summed E-state index contributed by atoms with van der Waals surface area (Å²) in [6, 6.07) is 2.29. The predicted molar refractivity (Wildman–Crippen MR) is 102 cm³/mol. The van der Waals surface area contributed by atoms with E-state index in [-0.39, 0.29) is 17.6 Å². The van der Waals surface area contributed by atoms with Gasteiger partial charge in [-0.25, -0.2) is 9.48 Å². The number of carbonyl (C=O) groups excluding carboxylic acids is 1. The molecule has 3 heterocycles. The van der Waals surface area contributed by atoms with Gasteiger partial charge in [0.2, 0.25) is 0 Å². The van der Waals surface area contributed by atoms with Crippen LogP contribution in [0.2, 0.25) is 0 Å². The van der Waals surface area contributed by atoms with Gasteiger partial charge in [0.25, 0.3) is 0 Å². The first-order valence-corrected chi connectivity index (χ1v) is 9.46. The highest BCUT2D eigenvalue weighted by atomic mass is 16.6. The van der Waals surface area contributed by atoms with E-state index in [2.05, 4.69) is 21.4 Å². The normalized spacial score (nSPS) is 24.2. The largest absolute Gasteiger partial charge is 0.444 e. The molecule has 3 N–H and O–H groups in total. The Hall–Kier alpha value is -3.02. The Balaban J connectivity index is 1.46. The molecule has 4 rings (SSSR count). The third-order valence-electron chi connectivity index (χ3n) is 5.60. The average Bonchev–Trinajstić information content (AvgIpc) is 3.30. The number of aromatic amines is 1. The van der Waals surface area contributed by atoms with Gasteiger partial charge in [0.1, 0.15) is 28.7 Å². The molecule has 148 valence electrons. The Kier molecular flexibility index (Phi) is 4.10. The quantitative estimate of drug-likeness (QED) is 0.821. The van der Waals surface area contributed by atoms with Gasteiger partial charge in [-0.2, -0.15) is 15.5 Å². The monoisotopic (exact) mass is 383 g/mol. The number of hydrogen-bond donors (Lipinski definition) is 2. The highest BCUT2D eigenvalue weighted by Gasteiger charge is 2.51. The van der Waals surface area contributed by atoms with Crippen LogP contribution < -0.4 is 5.73 Å². The molecule has 1 aliphatic carbocycles. The van der Waals surface area contributed by atoms with Crippen LogP contribution in [0.15, 0.2) is 12.4 Å². The van der Waals surface area contributed by atoms with Gasteiger partial charge in [0.05, 0.1) is 12.2 Å². The van der Waals surface area contributed by atoms with Crippen molar-refractivity contribution < 1.29 is 9.53 Å². The molecule has 1 amide bonds. The van der Waals surface area contributed by atoms with Crippen LogP contribution in [0.4, 0.5) is 10.6 Å². The third kappa shape index (κ3) is 3.09.